The van der Waals surface area contributed by atoms with Gasteiger partial charge in [-0.15, -0.1) is 0 Å². The van der Waals surface area contributed by atoms with E-state index in [1.165, 1.54) is 11.6 Å². The number of hydrogen-bond acceptors (Lipinski definition) is 2. The van der Waals surface area contributed by atoms with Crippen LogP contribution in [0.1, 0.15) is 22.4 Å². The maximum absolute atomic E-state index is 11.4. The first kappa shape index (κ1) is 16.6. The van der Waals surface area contributed by atoms with Gasteiger partial charge in [0.05, 0.1) is 5.69 Å². The molecule has 0 aliphatic carbocycles. The first-order chi connectivity index (χ1) is 12.1. The lowest BCUT2D eigenvalue weighted by Gasteiger charge is -2.11. The summed E-state index contributed by atoms with van der Waals surface area (Å²) in [5.74, 6) is 6.14. The molecule has 3 heteroatoms. The number of nitrogens with zero attached hydrogens (tertiary/aromatic N) is 1. The van der Waals surface area contributed by atoms with Crippen LogP contribution in [0.5, 0.6) is 5.75 Å². The van der Waals surface area contributed by atoms with Gasteiger partial charge in [0, 0.05) is 29.9 Å². The van der Waals surface area contributed by atoms with Gasteiger partial charge in [-0.1, -0.05) is 42.2 Å². The second-order valence-electron chi connectivity index (χ2n) is 5.87. The van der Waals surface area contributed by atoms with Gasteiger partial charge in [0.15, 0.2) is 5.75 Å². The van der Waals surface area contributed by atoms with E-state index in [0.717, 1.165) is 17.5 Å². The van der Waals surface area contributed by atoms with Crippen LogP contribution in [-0.2, 0) is 13.0 Å². The second kappa shape index (κ2) is 7.55. The molecule has 3 rings (SSSR count). The van der Waals surface area contributed by atoms with E-state index in [4.69, 9.17) is 0 Å². The van der Waals surface area contributed by atoms with Crippen molar-refractivity contribution < 1.29 is 5.11 Å². The Hall–Kier alpha value is -3.25. The fraction of sp³-hybridized carbons (Fsp3) is 0.136. The molecule has 0 saturated carbocycles. The van der Waals surface area contributed by atoms with Crippen LogP contribution >= 0.6 is 0 Å². The summed E-state index contributed by atoms with van der Waals surface area (Å²) in [4.78, 5) is 11.4. The minimum absolute atomic E-state index is 0.172. The molecule has 0 aliphatic heterocycles. The Morgan fingerprint density at radius 2 is 1.56 bits per heavy atom. The molecule has 3 aromatic rings. The summed E-state index contributed by atoms with van der Waals surface area (Å²) in [5, 5.41) is 9.73. The van der Waals surface area contributed by atoms with Gasteiger partial charge in [0.2, 0.25) is 5.43 Å². The van der Waals surface area contributed by atoms with Crippen molar-refractivity contribution in [2.24, 2.45) is 0 Å². The Balaban J connectivity index is 1.67. The normalized spacial score (nSPS) is 10.1. The highest BCUT2D eigenvalue weighted by atomic mass is 16.3. The van der Waals surface area contributed by atoms with Crippen molar-refractivity contribution in [2.75, 3.05) is 0 Å². The Kier molecular flexibility index (Phi) is 5.01. The zero-order chi connectivity index (χ0) is 17.6. The molecule has 0 fully saturated rings. The van der Waals surface area contributed by atoms with E-state index in [0.29, 0.717) is 12.2 Å². The lowest BCUT2D eigenvalue weighted by Crippen LogP contribution is -2.11. The number of rotatable bonds is 3. The maximum Gasteiger partial charge on any atom is 0.223 e. The highest BCUT2D eigenvalue weighted by Crippen LogP contribution is 2.11. The van der Waals surface area contributed by atoms with Crippen LogP contribution < -0.4 is 5.43 Å². The third-order valence-corrected chi connectivity index (χ3v) is 4.13. The van der Waals surface area contributed by atoms with E-state index in [1.807, 2.05) is 47.0 Å². The van der Waals surface area contributed by atoms with Crippen molar-refractivity contribution in [1.29, 1.82) is 0 Å². The summed E-state index contributed by atoms with van der Waals surface area (Å²) >= 11 is 0. The predicted octanol–water partition coefficient (Wildman–Crippen LogP) is 3.50. The van der Waals surface area contributed by atoms with Crippen LogP contribution in [0.2, 0.25) is 0 Å². The molecular formula is C22H19NO2. The molecule has 3 nitrogen and oxygen atoms in total. The zero-order valence-corrected chi connectivity index (χ0v) is 14.1. The first-order valence-corrected chi connectivity index (χ1v) is 8.18. The standard InChI is InChI=1S/C22H19NO2/c1-17-22(25)21(24)14-16-23(17)15-13-20-11-9-19(10-12-20)8-7-18-5-3-2-4-6-18/h2-6,9-12,14,16,25H,13,15H2,1H3. The quantitative estimate of drug-likeness (QED) is 0.747. The van der Waals surface area contributed by atoms with Crippen LogP contribution in [0.3, 0.4) is 0 Å². The van der Waals surface area contributed by atoms with Crippen LogP contribution in [0.15, 0.2) is 71.7 Å². The SMILES string of the molecule is Cc1c(O)c(=O)ccn1CCc1ccc(C#Cc2ccccc2)cc1. The topological polar surface area (TPSA) is 42.2 Å². The fourth-order valence-corrected chi connectivity index (χ4v) is 2.58. The van der Waals surface area contributed by atoms with Gasteiger partial charge in [-0.05, 0) is 43.2 Å². The van der Waals surface area contributed by atoms with Crippen LogP contribution in [0, 0.1) is 18.8 Å². The van der Waals surface area contributed by atoms with E-state index in [9.17, 15) is 9.90 Å². The average molecular weight is 329 g/mol. The number of hydrogen-bond donors (Lipinski definition) is 1. The van der Waals surface area contributed by atoms with Gasteiger partial charge in [-0.3, -0.25) is 4.79 Å². The van der Waals surface area contributed by atoms with Crippen molar-refractivity contribution in [2.45, 2.75) is 19.9 Å². The third kappa shape index (κ3) is 4.19. The summed E-state index contributed by atoms with van der Waals surface area (Å²) in [6, 6.07) is 19.5. The number of aromatic hydroxyl groups is 1. The molecule has 1 heterocycles. The van der Waals surface area contributed by atoms with Gasteiger partial charge in [0.1, 0.15) is 0 Å². The molecular weight excluding hydrogens is 310 g/mol. The molecule has 0 spiro atoms. The fourth-order valence-electron chi connectivity index (χ4n) is 2.58. The Morgan fingerprint density at radius 3 is 2.24 bits per heavy atom. The molecule has 0 aliphatic rings. The number of pyridine rings is 1. The minimum Gasteiger partial charge on any atom is -0.503 e. The molecule has 124 valence electrons. The monoisotopic (exact) mass is 329 g/mol. The molecule has 0 radical (unpaired) electrons. The van der Waals surface area contributed by atoms with Crippen LogP contribution in [-0.4, -0.2) is 9.67 Å². The van der Waals surface area contributed by atoms with Crippen molar-refractivity contribution in [1.82, 2.24) is 4.57 Å². The van der Waals surface area contributed by atoms with Crippen LogP contribution in [0.4, 0.5) is 0 Å². The summed E-state index contributed by atoms with van der Waals surface area (Å²) in [6.07, 6.45) is 2.53. The highest BCUT2D eigenvalue weighted by Gasteiger charge is 2.05. The smallest absolute Gasteiger partial charge is 0.223 e. The van der Waals surface area contributed by atoms with Crippen molar-refractivity contribution >= 4 is 0 Å². The van der Waals surface area contributed by atoms with Gasteiger partial charge in [-0.2, -0.15) is 0 Å². The third-order valence-electron chi connectivity index (χ3n) is 4.13. The molecule has 1 N–H and O–H groups in total. The highest BCUT2D eigenvalue weighted by molar-refractivity contribution is 5.43. The molecule has 1 aromatic heterocycles. The Labute approximate surface area is 147 Å². The average Bonchev–Trinajstić information content (AvgIpc) is 2.66. The molecule has 25 heavy (non-hydrogen) atoms. The van der Waals surface area contributed by atoms with Crippen molar-refractivity contribution in [3.63, 3.8) is 0 Å². The van der Waals surface area contributed by atoms with E-state index in [-0.39, 0.29) is 11.2 Å². The molecule has 2 aromatic carbocycles. The molecule has 0 unspecified atom stereocenters. The summed E-state index contributed by atoms with van der Waals surface area (Å²) in [5.41, 5.74) is 3.42. The Bertz CT molecular complexity index is 975. The van der Waals surface area contributed by atoms with Crippen molar-refractivity contribution in [3.05, 3.63) is 99.5 Å². The lowest BCUT2D eigenvalue weighted by atomic mass is 10.1. The molecule has 0 amide bonds. The zero-order valence-electron chi connectivity index (χ0n) is 14.1. The van der Waals surface area contributed by atoms with E-state index in [1.54, 1.807) is 13.1 Å². The summed E-state index contributed by atoms with van der Waals surface area (Å²) < 4.78 is 1.89. The predicted molar refractivity (Wildman–Crippen MR) is 99.7 cm³/mol. The van der Waals surface area contributed by atoms with Gasteiger partial charge in [0.25, 0.3) is 0 Å². The van der Waals surface area contributed by atoms with E-state index < -0.39 is 0 Å². The Morgan fingerprint density at radius 1 is 0.920 bits per heavy atom. The maximum atomic E-state index is 11.4. The van der Waals surface area contributed by atoms with Crippen LogP contribution in [0.25, 0.3) is 0 Å². The molecule has 0 saturated heterocycles. The number of benzene rings is 2. The number of aromatic nitrogens is 1. The molecule has 0 bridgehead atoms. The minimum atomic E-state index is -0.338. The largest absolute Gasteiger partial charge is 0.503 e. The second-order valence-corrected chi connectivity index (χ2v) is 5.87. The lowest BCUT2D eigenvalue weighted by molar-refractivity contribution is 0.453. The van der Waals surface area contributed by atoms with E-state index in [2.05, 4.69) is 24.0 Å². The number of aryl methyl sites for hydroxylation is 2. The first-order valence-electron chi connectivity index (χ1n) is 8.18. The van der Waals surface area contributed by atoms with Gasteiger partial charge >= 0.3 is 0 Å². The summed E-state index contributed by atoms with van der Waals surface area (Å²) in [6.45, 7) is 2.45. The van der Waals surface area contributed by atoms with Crippen molar-refractivity contribution in [3.8, 4) is 17.6 Å². The van der Waals surface area contributed by atoms with Gasteiger partial charge < -0.3 is 9.67 Å². The summed E-state index contributed by atoms with van der Waals surface area (Å²) in [7, 11) is 0. The van der Waals surface area contributed by atoms with E-state index >= 15 is 0 Å². The molecule has 0 atom stereocenters. The van der Waals surface area contributed by atoms with Gasteiger partial charge in [-0.25, -0.2) is 0 Å².